The lowest BCUT2D eigenvalue weighted by atomic mass is 10.1. The summed E-state index contributed by atoms with van der Waals surface area (Å²) in [4.78, 5) is 15.8. The minimum absolute atomic E-state index is 0.183. The molecule has 5 heteroatoms. The third-order valence-corrected chi connectivity index (χ3v) is 2.90. The van der Waals surface area contributed by atoms with E-state index in [0.29, 0.717) is 0 Å². The van der Waals surface area contributed by atoms with Crippen molar-refractivity contribution in [1.29, 1.82) is 0 Å². The van der Waals surface area contributed by atoms with Crippen LogP contribution in [-0.2, 0) is 4.79 Å². The van der Waals surface area contributed by atoms with Crippen LogP contribution in [0.25, 0.3) is 0 Å². The first-order valence-electron chi connectivity index (χ1n) is 3.98. The summed E-state index contributed by atoms with van der Waals surface area (Å²) in [6, 6.07) is -0.302. The quantitative estimate of drug-likeness (QED) is 0.749. The second kappa shape index (κ2) is 3.85. The highest BCUT2D eigenvalue weighted by Gasteiger charge is 2.15. The first kappa shape index (κ1) is 10.1. The minimum atomic E-state index is -0.377. The Labute approximate surface area is 81.0 Å². The van der Waals surface area contributed by atoms with Gasteiger partial charge in [-0.25, -0.2) is 4.98 Å². The molecule has 0 saturated heterocycles. The van der Waals surface area contributed by atoms with Crippen molar-refractivity contribution in [3.8, 4) is 0 Å². The number of hydrogen-bond donors (Lipinski definition) is 2. The van der Waals surface area contributed by atoms with Crippen LogP contribution < -0.4 is 11.5 Å². The van der Waals surface area contributed by atoms with Crippen LogP contribution in [0.4, 0.5) is 0 Å². The van der Waals surface area contributed by atoms with Gasteiger partial charge >= 0.3 is 0 Å². The van der Waals surface area contributed by atoms with Crippen molar-refractivity contribution in [3.63, 3.8) is 0 Å². The fourth-order valence-electron chi connectivity index (χ4n) is 1.20. The van der Waals surface area contributed by atoms with Crippen molar-refractivity contribution >= 4 is 17.2 Å². The van der Waals surface area contributed by atoms with Gasteiger partial charge in [-0.05, 0) is 13.8 Å². The molecule has 1 aromatic rings. The van der Waals surface area contributed by atoms with E-state index in [0.717, 1.165) is 15.6 Å². The fraction of sp³-hybridized carbons (Fsp3) is 0.500. The molecular formula is C8H13N3OS. The predicted molar refractivity (Wildman–Crippen MR) is 52.3 cm³/mol. The molecule has 0 bridgehead atoms. The standard InChI is InChI=1S/C8H13N3OS/c1-4-8(13-5(2)11-4)6(9)3-7(10)12/h6H,3,9H2,1-2H3,(H2,10,12). The Morgan fingerprint density at radius 1 is 1.62 bits per heavy atom. The fourth-order valence-corrected chi connectivity index (χ4v) is 2.13. The molecule has 0 aliphatic heterocycles. The average molecular weight is 199 g/mol. The first-order valence-corrected chi connectivity index (χ1v) is 4.80. The van der Waals surface area contributed by atoms with E-state index in [2.05, 4.69) is 4.98 Å². The van der Waals surface area contributed by atoms with Gasteiger partial charge in [0.1, 0.15) is 0 Å². The van der Waals surface area contributed by atoms with Crippen LogP contribution in [0.3, 0.4) is 0 Å². The van der Waals surface area contributed by atoms with Crippen LogP contribution in [0.15, 0.2) is 0 Å². The van der Waals surface area contributed by atoms with Crippen LogP contribution in [0.5, 0.6) is 0 Å². The number of carbonyl (C=O) groups excluding carboxylic acids is 1. The number of hydrogen-bond acceptors (Lipinski definition) is 4. The number of aromatic nitrogens is 1. The van der Waals surface area contributed by atoms with Gasteiger partial charge in [0.05, 0.1) is 10.7 Å². The zero-order valence-corrected chi connectivity index (χ0v) is 8.52. The maximum absolute atomic E-state index is 10.6. The van der Waals surface area contributed by atoms with Gasteiger partial charge in [-0.2, -0.15) is 0 Å². The molecule has 1 unspecified atom stereocenters. The van der Waals surface area contributed by atoms with Crippen molar-refractivity contribution < 1.29 is 4.79 Å². The van der Waals surface area contributed by atoms with Crippen molar-refractivity contribution in [3.05, 3.63) is 15.6 Å². The van der Waals surface area contributed by atoms with Crippen LogP contribution in [0, 0.1) is 13.8 Å². The van der Waals surface area contributed by atoms with Gasteiger partial charge in [-0.1, -0.05) is 0 Å². The van der Waals surface area contributed by atoms with Gasteiger partial charge in [-0.15, -0.1) is 11.3 Å². The van der Waals surface area contributed by atoms with E-state index in [1.807, 2.05) is 13.8 Å². The molecule has 4 nitrogen and oxygen atoms in total. The Bertz CT molecular complexity index is 321. The molecular weight excluding hydrogens is 186 g/mol. The van der Waals surface area contributed by atoms with Gasteiger partial charge in [0.2, 0.25) is 5.91 Å². The molecule has 1 amide bonds. The third-order valence-electron chi connectivity index (χ3n) is 1.70. The zero-order valence-electron chi connectivity index (χ0n) is 7.70. The first-order chi connectivity index (χ1) is 6.00. The zero-order chi connectivity index (χ0) is 10.0. The number of carbonyl (C=O) groups is 1. The van der Waals surface area contributed by atoms with E-state index in [-0.39, 0.29) is 18.4 Å². The molecule has 0 aromatic carbocycles. The summed E-state index contributed by atoms with van der Waals surface area (Å²) >= 11 is 1.52. The van der Waals surface area contributed by atoms with Gasteiger partial charge in [0, 0.05) is 17.3 Å². The van der Waals surface area contributed by atoms with Crippen molar-refractivity contribution in [2.24, 2.45) is 11.5 Å². The summed E-state index contributed by atoms with van der Waals surface area (Å²) in [6.45, 7) is 3.80. The van der Waals surface area contributed by atoms with E-state index in [1.165, 1.54) is 11.3 Å². The summed E-state index contributed by atoms with van der Waals surface area (Å²) in [5, 5.41) is 0.965. The number of aryl methyl sites for hydroxylation is 2. The summed E-state index contributed by atoms with van der Waals surface area (Å²) in [7, 11) is 0. The van der Waals surface area contributed by atoms with Crippen molar-refractivity contribution in [1.82, 2.24) is 4.98 Å². The average Bonchev–Trinajstić information content (AvgIpc) is 2.28. The molecule has 1 aromatic heterocycles. The molecule has 0 spiro atoms. The summed E-state index contributed by atoms with van der Waals surface area (Å²) in [5.41, 5.74) is 11.7. The Kier molecular flexibility index (Phi) is 3.00. The monoisotopic (exact) mass is 199 g/mol. The van der Waals surface area contributed by atoms with Gasteiger partial charge in [0.15, 0.2) is 0 Å². The van der Waals surface area contributed by atoms with E-state index < -0.39 is 0 Å². The molecule has 1 atom stereocenters. The molecule has 0 fully saturated rings. The largest absolute Gasteiger partial charge is 0.370 e. The third kappa shape index (κ3) is 2.50. The summed E-state index contributed by atoms with van der Waals surface area (Å²) in [6.07, 6.45) is 0.183. The molecule has 0 aliphatic rings. The Hall–Kier alpha value is -0.940. The number of nitrogens with zero attached hydrogens (tertiary/aromatic N) is 1. The maximum atomic E-state index is 10.6. The van der Waals surface area contributed by atoms with Gasteiger partial charge in [0.25, 0.3) is 0 Å². The molecule has 0 aliphatic carbocycles. The van der Waals surface area contributed by atoms with E-state index >= 15 is 0 Å². The number of primary amides is 1. The van der Waals surface area contributed by atoms with Crippen LogP contribution in [0.2, 0.25) is 0 Å². The molecule has 72 valence electrons. The molecule has 4 N–H and O–H groups in total. The topological polar surface area (TPSA) is 82.0 Å². The SMILES string of the molecule is Cc1nc(C)c(C(N)CC(N)=O)s1. The molecule has 0 saturated carbocycles. The van der Waals surface area contributed by atoms with Crippen LogP contribution in [-0.4, -0.2) is 10.9 Å². The van der Waals surface area contributed by atoms with E-state index in [1.54, 1.807) is 0 Å². The summed E-state index contributed by atoms with van der Waals surface area (Å²) in [5.74, 6) is -0.377. The minimum Gasteiger partial charge on any atom is -0.370 e. The summed E-state index contributed by atoms with van der Waals surface area (Å²) < 4.78 is 0. The number of nitrogens with two attached hydrogens (primary N) is 2. The molecule has 1 rings (SSSR count). The van der Waals surface area contributed by atoms with Gasteiger partial charge < -0.3 is 11.5 Å². The van der Waals surface area contributed by atoms with Crippen LogP contribution in [0.1, 0.15) is 28.0 Å². The lowest BCUT2D eigenvalue weighted by molar-refractivity contribution is -0.118. The van der Waals surface area contributed by atoms with Crippen molar-refractivity contribution in [2.45, 2.75) is 26.3 Å². The number of amides is 1. The van der Waals surface area contributed by atoms with E-state index in [9.17, 15) is 4.79 Å². The second-order valence-corrected chi connectivity index (χ2v) is 4.19. The highest BCUT2D eigenvalue weighted by molar-refractivity contribution is 7.11. The lowest BCUT2D eigenvalue weighted by Gasteiger charge is -2.06. The predicted octanol–water partition coefficient (Wildman–Crippen LogP) is 0.635. The molecule has 1 heterocycles. The van der Waals surface area contributed by atoms with Gasteiger partial charge in [-0.3, -0.25) is 4.79 Å². The Balaban J connectivity index is 2.81. The highest BCUT2D eigenvalue weighted by Crippen LogP contribution is 2.24. The highest BCUT2D eigenvalue weighted by atomic mass is 32.1. The Morgan fingerprint density at radius 3 is 2.62 bits per heavy atom. The number of thiazole rings is 1. The second-order valence-electron chi connectivity index (χ2n) is 2.96. The molecule has 13 heavy (non-hydrogen) atoms. The molecule has 0 radical (unpaired) electrons. The number of rotatable bonds is 3. The van der Waals surface area contributed by atoms with E-state index in [4.69, 9.17) is 11.5 Å². The lowest BCUT2D eigenvalue weighted by Crippen LogP contribution is -2.20. The normalized spacial score (nSPS) is 12.8. The Morgan fingerprint density at radius 2 is 2.23 bits per heavy atom. The van der Waals surface area contributed by atoms with Crippen LogP contribution >= 0.6 is 11.3 Å². The maximum Gasteiger partial charge on any atom is 0.219 e. The smallest absolute Gasteiger partial charge is 0.219 e. The van der Waals surface area contributed by atoms with Crippen molar-refractivity contribution in [2.75, 3.05) is 0 Å².